The Labute approximate surface area is 104 Å². The predicted molar refractivity (Wildman–Crippen MR) is 67.3 cm³/mol. The zero-order valence-electron chi connectivity index (χ0n) is 9.29. The van der Waals surface area contributed by atoms with Gasteiger partial charge in [0, 0.05) is 6.42 Å². The number of halogens is 1. The molecule has 1 aliphatic rings. The summed E-state index contributed by atoms with van der Waals surface area (Å²) in [6.45, 7) is 1.89. The molecular weight excluding hydrogens is 268 g/mol. The fourth-order valence-corrected chi connectivity index (χ4v) is 2.22. The molecule has 2 rings (SSSR count). The summed E-state index contributed by atoms with van der Waals surface area (Å²) in [5.41, 5.74) is 1.66. The van der Waals surface area contributed by atoms with Crippen molar-refractivity contribution in [3.63, 3.8) is 0 Å². The lowest BCUT2D eigenvalue weighted by Crippen LogP contribution is -2.21. The largest absolute Gasteiger partial charge is 0.324 e. The van der Waals surface area contributed by atoms with Crippen molar-refractivity contribution in [2.45, 2.75) is 32.6 Å². The van der Waals surface area contributed by atoms with E-state index >= 15 is 0 Å². The van der Waals surface area contributed by atoms with E-state index in [0.717, 1.165) is 16.0 Å². The van der Waals surface area contributed by atoms with Gasteiger partial charge in [-0.25, -0.2) is 4.98 Å². The first kappa shape index (κ1) is 11.6. The summed E-state index contributed by atoms with van der Waals surface area (Å²) >= 11 is 3.30. The molecule has 0 radical (unpaired) electrons. The lowest BCUT2D eigenvalue weighted by molar-refractivity contribution is -0.117. The number of nitrogens with zero attached hydrogens (tertiary/aromatic N) is 1. The van der Waals surface area contributed by atoms with Crippen LogP contribution in [0.15, 0.2) is 16.7 Å². The van der Waals surface area contributed by atoms with E-state index in [1.54, 1.807) is 0 Å². The number of pyridine rings is 1. The second-order valence-electron chi connectivity index (χ2n) is 4.32. The van der Waals surface area contributed by atoms with Crippen LogP contribution in [0.2, 0.25) is 0 Å². The number of aromatic nitrogens is 1. The highest BCUT2D eigenvalue weighted by Crippen LogP contribution is 2.29. The highest BCUT2D eigenvalue weighted by Gasteiger charge is 2.20. The number of anilines is 1. The smallest absolute Gasteiger partial charge is 0.224 e. The van der Waals surface area contributed by atoms with Crippen molar-refractivity contribution in [2.24, 2.45) is 5.92 Å². The number of amides is 1. The summed E-state index contributed by atoms with van der Waals surface area (Å²) in [7, 11) is 0. The predicted octanol–water partition coefficient (Wildman–Crippen LogP) is 3.28. The number of rotatable bonds is 3. The Balaban J connectivity index is 1.94. The van der Waals surface area contributed by atoms with E-state index < -0.39 is 0 Å². The molecule has 1 saturated carbocycles. The molecule has 86 valence electrons. The summed E-state index contributed by atoms with van der Waals surface area (Å²) in [4.78, 5) is 15.9. The van der Waals surface area contributed by atoms with E-state index in [4.69, 9.17) is 0 Å². The molecular formula is C12H15BrN2O. The van der Waals surface area contributed by atoms with Gasteiger partial charge in [-0.15, -0.1) is 0 Å². The van der Waals surface area contributed by atoms with E-state index in [0.29, 0.717) is 12.3 Å². The van der Waals surface area contributed by atoms with Crippen LogP contribution in [0.4, 0.5) is 5.69 Å². The molecule has 0 aliphatic heterocycles. The fraction of sp³-hybridized carbons (Fsp3) is 0.500. The first-order valence-corrected chi connectivity index (χ1v) is 6.37. The molecule has 0 saturated heterocycles. The van der Waals surface area contributed by atoms with Gasteiger partial charge in [-0.1, -0.05) is 6.42 Å². The van der Waals surface area contributed by atoms with Crippen LogP contribution in [-0.2, 0) is 4.79 Å². The van der Waals surface area contributed by atoms with Gasteiger partial charge >= 0.3 is 0 Å². The van der Waals surface area contributed by atoms with E-state index in [9.17, 15) is 4.79 Å². The Morgan fingerprint density at radius 1 is 1.56 bits per heavy atom. The Morgan fingerprint density at radius 2 is 2.31 bits per heavy atom. The monoisotopic (exact) mass is 282 g/mol. The molecule has 1 aromatic heterocycles. The van der Waals surface area contributed by atoms with Gasteiger partial charge in [0.1, 0.15) is 4.60 Å². The minimum atomic E-state index is 0.108. The van der Waals surface area contributed by atoms with Crippen LogP contribution in [0.25, 0.3) is 0 Å². The molecule has 16 heavy (non-hydrogen) atoms. The Bertz CT molecular complexity index is 402. The normalized spacial score (nSPS) is 15.6. The van der Waals surface area contributed by atoms with Crippen LogP contribution in [-0.4, -0.2) is 10.9 Å². The first-order valence-electron chi connectivity index (χ1n) is 5.58. The molecule has 1 N–H and O–H groups in total. The van der Waals surface area contributed by atoms with E-state index in [2.05, 4.69) is 26.2 Å². The lowest BCUT2D eigenvalue weighted by atomic mass is 9.83. The zero-order valence-corrected chi connectivity index (χ0v) is 10.9. The molecule has 1 aliphatic carbocycles. The molecule has 0 spiro atoms. The van der Waals surface area contributed by atoms with Gasteiger partial charge in [0.15, 0.2) is 0 Å². The van der Waals surface area contributed by atoms with Gasteiger partial charge in [-0.2, -0.15) is 0 Å². The van der Waals surface area contributed by atoms with E-state index in [1.165, 1.54) is 19.3 Å². The van der Waals surface area contributed by atoms with Gasteiger partial charge in [0.05, 0.1) is 11.4 Å². The van der Waals surface area contributed by atoms with Crippen LogP contribution >= 0.6 is 15.9 Å². The highest BCUT2D eigenvalue weighted by atomic mass is 79.9. The third kappa shape index (κ3) is 2.82. The van der Waals surface area contributed by atoms with Crippen molar-refractivity contribution in [3.8, 4) is 0 Å². The van der Waals surface area contributed by atoms with Crippen molar-refractivity contribution in [2.75, 3.05) is 5.32 Å². The van der Waals surface area contributed by atoms with Gasteiger partial charge in [-0.05, 0) is 53.7 Å². The molecule has 1 heterocycles. The van der Waals surface area contributed by atoms with Gasteiger partial charge in [0.2, 0.25) is 5.91 Å². The molecule has 0 unspecified atom stereocenters. The number of aryl methyl sites for hydroxylation is 1. The van der Waals surface area contributed by atoms with Crippen LogP contribution < -0.4 is 5.32 Å². The van der Waals surface area contributed by atoms with Crippen LogP contribution in [0.1, 0.15) is 31.4 Å². The Hall–Kier alpha value is -0.900. The molecule has 0 bridgehead atoms. The maximum atomic E-state index is 11.7. The number of nitrogens with one attached hydrogen (secondary N) is 1. The minimum absolute atomic E-state index is 0.108. The number of carbonyl (C=O) groups is 1. The number of hydrogen-bond acceptors (Lipinski definition) is 2. The maximum absolute atomic E-state index is 11.7. The SMILES string of the molecule is Cc1nc(Br)ccc1NC(=O)CC1CCC1. The number of carbonyl (C=O) groups excluding carboxylic acids is 1. The minimum Gasteiger partial charge on any atom is -0.324 e. The summed E-state index contributed by atoms with van der Waals surface area (Å²) in [5, 5.41) is 2.91. The average molecular weight is 283 g/mol. The van der Waals surface area contributed by atoms with Crippen molar-refractivity contribution >= 4 is 27.5 Å². The van der Waals surface area contributed by atoms with Crippen LogP contribution in [0.3, 0.4) is 0 Å². The van der Waals surface area contributed by atoms with Crippen LogP contribution in [0.5, 0.6) is 0 Å². The third-order valence-electron chi connectivity index (χ3n) is 3.02. The molecule has 0 aromatic carbocycles. The highest BCUT2D eigenvalue weighted by molar-refractivity contribution is 9.10. The lowest BCUT2D eigenvalue weighted by Gasteiger charge is -2.24. The van der Waals surface area contributed by atoms with Gasteiger partial charge in [0.25, 0.3) is 0 Å². The molecule has 0 atom stereocenters. The first-order chi connectivity index (χ1) is 7.65. The van der Waals surface area contributed by atoms with Crippen molar-refractivity contribution < 1.29 is 4.79 Å². The van der Waals surface area contributed by atoms with Crippen molar-refractivity contribution in [1.82, 2.24) is 4.98 Å². The molecule has 3 nitrogen and oxygen atoms in total. The van der Waals surface area contributed by atoms with Crippen molar-refractivity contribution in [3.05, 3.63) is 22.4 Å². The van der Waals surface area contributed by atoms with E-state index in [1.807, 2.05) is 19.1 Å². The second-order valence-corrected chi connectivity index (χ2v) is 5.13. The summed E-state index contributed by atoms with van der Waals surface area (Å²) in [6, 6.07) is 3.72. The molecule has 4 heteroatoms. The summed E-state index contributed by atoms with van der Waals surface area (Å²) in [5.74, 6) is 0.709. The number of hydrogen-bond donors (Lipinski definition) is 1. The topological polar surface area (TPSA) is 42.0 Å². The average Bonchev–Trinajstić information content (AvgIpc) is 2.16. The second kappa shape index (κ2) is 4.95. The Morgan fingerprint density at radius 3 is 2.88 bits per heavy atom. The standard InChI is InChI=1S/C12H15BrN2O/c1-8-10(5-6-11(13)14-8)15-12(16)7-9-3-2-4-9/h5-6,9H,2-4,7H2,1H3,(H,15,16). The van der Waals surface area contributed by atoms with E-state index in [-0.39, 0.29) is 5.91 Å². The van der Waals surface area contributed by atoms with Crippen molar-refractivity contribution in [1.29, 1.82) is 0 Å². The maximum Gasteiger partial charge on any atom is 0.224 e. The van der Waals surface area contributed by atoms with Gasteiger partial charge < -0.3 is 5.32 Å². The zero-order chi connectivity index (χ0) is 11.5. The molecule has 1 fully saturated rings. The molecule has 1 amide bonds. The molecule has 1 aromatic rings. The summed E-state index contributed by atoms with van der Waals surface area (Å²) in [6.07, 6.45) is 4.32. The summed E-state index contributed by atoms with van der Waals surface area (Å²) < 4.78 is 0.794. The van der Waals surface area contributed by atoms with Gasteiger partial charge in [-0.3, -0.25) is 4.79 Å². The van der Waals surface area contributed by atoms with Crippen LogP contribution in [0, 0.1) is 12.8 Å². The quantitative estimate of drug-likeness (QED) is 0.865. The third-order valence-corrected chi connectivity index (χ3v) is 3.47. The fourth-order valence-electron chi connectivity index (χ4n) is 1.82. The Kier molecular flexibility index (Phi) is 3.59.